The van der Waals surface area contributed by atoms with Crippen LogP contribution in [0, 0.1) is 0 Å². The number of barbiturate groups is 1. The molecule has 0 aromatic heterocycles. The van der Waals surface area contributed by atoms with Gasteiger partial charge in [-0.3, -0.25) is 30.0 Å². The van der Waals surface area contributed by atoms with Crippen molar-refractivity contribution in [3.63, 3.8) is 0 Å². The van der Waals surface area contributed by atoms with Gasteiger partial charge in [-0.2, -0.15) is 0 Å². The lowest BCUT2D eigenvalue weighted by molar-refractivity contribution is -0.143. The van der Waals surface area contributed by atoms with Gasteiger partial charge >= 0.3 is 6.03 Å². The molecule has 2 aliphatic rings. The van der Waals surface area contributed by atoms with Crippen LogP contribution in [0.2, 0.25) is 0 Å². The van der Waals surface area contributed by atoms with Gasteiger partial charge in [0.15, 0.2) is 6.04 Å². The molecule has 2 rings (SSSR count). The van der Waals surface area contributed by atoms with Crippen molar-refractivity contribution in [3.8, 4) is 0 Å². The molecule has 0 bridgehead atoms. The summed E-state index contributed by atoms with van der Waals surface area (Å²) in [6.45, 7) is 5.43. The monoisotopic (exact) mass is 276 g/mol. The molecular formula is C12H12N4O4. The number of hydrogen-bond donors (Lipinski definition) is 2. The number of nitrogens with zero attached hydrogens (tertiary/aromatic N) is 2. The molecule has 20 heavy (non-hydrogen) atoms. The Morgan fingerprint density at radius 2 is 1.85 bits per heavy atom. The van der Waals surface area contributed by atoms with Gasteiger partial charge in [0.05, 0.1) is 0 Å². The third kappa shape index (κ3) is 2.22. The Balaban J connectivity index is 2.29. The minimum atomic E-state index is -1.39. The highest BCUT2D eigenvalue weighted by Gasteiger charge is 2.45. The standard InChI is InChI=1S/C12H12N4O4/c1-3-4-13-7-6(2)5-16(11(7)19)8-9(17)14-12(20)15-10(8)18/h3-4,8H,2,5H2,1H3,(H2,14,15,17,18,20)/b4-3-,13-7+. The normalized spacial score (nSPS) is 22.9. The maximum atomic E-state index is 12.1. The van der Waals surface area contributed by atoms with Crippen LogP contribution >= 0.6 is 0 Å². The van der Waals surface area contributed by atoms with Crippen molar-refractivity contribution >= 4 is 29.5 Å². The molecule has 0 aliphatic carbocycles. The van der Waals surface area contributed by atoms with Crippen LogP contribution in [0.4, 0.5) is 4.79 Å². The van der Waals surface area contributed by atoms with Gasteiger partial charge in [-0.15, -0.1) is 0 Å². The maximum Gasteiger partial charge on any atom is 0.328 e. The molecule has 0 spiro atoms. The van der Waals surface area contributed by atoms with Crippen LogP contribution in [0.5, 0.6) is 0 Å². The predicted molar refractivity (Wildman–Crippen MR) is 68.6 cm³/mol. The molecule has 0 atom stereocenters. The van der Waals surface area contributed by atoms with Crippen molar-refractivity contribution in [1.82, 2.24) is 15.5 Å². The average molecular weight is 276 g/mol. The van der Waals surface area contributed by atoms with E-state index in [9.17, 15) is 19.2 Å². The van der Waals surface area contributed by atoms with Gasteiger partial charge in [0, 0.05) is 12.7 Å². The Bertz CT molecular complexity index is 570. The Labute approximate surface area is 114 Å². The van der Waals surface area contributed by atoms with E-state index in [-0.39, 0.29) is 12.3 Å². The molecule has 8 heteroatoms. The van der Waals surface area contributed by atoms with Crippen LogP contribution in [0.3, 0.4) is 0 Å². The van der Waals surface area contributed by atoms with Crippen LogP contribution < -0.4 is 10.6 Å². The van der Waals surface area contributed by atoms with E-state index < -0.39 is 29.8 Å². The fraction of sp³-hybridized carbons (Fsp3) is 0.250. The smallest absolute Gasteiger partial charge is 0.313 e. The lowest BCUT2D eigenvalue weighted by atomic mass is 10.2. The SMILES string of the molecule is C=C1CN(C2C(=O)NC(=O)NC2=O)C(=O)/C1=N/C=C\C. The Morgan fingerprint density at radius 1 is 1.25 bits per heavy atom. The molecule has 0 aromatic carbocycles. The lowest BCUT2D eigenvalue weighted by Gasteiger charge is -2.27. The molecule has 2 fully saturated rings. The van der Waals surface area contributed by atoms with Crippen molar-refractivity contribution in [2.75, 3.05) is 6.54 Å². The lowest BCUT2D eigenvalue weighted by Crippen LogP contribution is -2.64. The third-order valence-electron chi connectivity index (χ3n) is 2.79. The molecule has 2 N–H and O–H groups in total. The topological polar surface area (TPSA) is 108 Å². The van der Waals surface area contributed by atoms with Crippen LogP contribution in [0.25, 0.3) is 0 Å². The predicted octanol–water partition coefficient (Wildman–Crippen LogP) is -0.906. The van der Waals surface area contributed by atoms with Gasteiger partial charge in [-0.1, -0.05) is 12.7 Å². The van der Waals surface area contributed by atoms with E-state index in [0.717, 1.165) is 4.90 Å². The van der Waals surface area contributed by atoms with Gasteiger partial charge in [-0.05, 0) is 12.5 Å². The number of carbonyl (C=O) groups is 4. The van der Waals surface area contributed by atoms with E-state index in [4.69, 9.17) is 0 Å². The number of allylic oxidation sites excluding steroid dienone is 1. The summed E-state index contributed by atoms with van der Waals surface area (Å²) in [6.07, 6.45) is 3.06. The van der Waals surface area contributed by atoms with Crippen LogP contribution in [-0.2, 0) is 14.4 Å². The second-order valence-corrected chi connectivity index (χ2v) is 4.21. The average Bonchev–Trinajstić information content (AvgIpc) is 2.62. The number of urea groups is 1. The second-order valence-electron chi connectivity index (χ2n) is 4.21. The number of carbonyl (C=O) groups excluding carboxylic acids is 4. The summed E-state index contributed by atoms with van der Waals surface area (Å²) in [4.78, 5) is 51.5. The number of imide groups is 2. The second kappa shape index (κ2) is 5.08. The number of rotatable bonds is 2. The highest BCUT2D eigenvalue weighted by molar-refractivity contribution is 6.48. The Morgan fingerprint density at radius 3 is 2.40 bits per heavy atom. The van der Waals surface area contributed by atoms with Crippen LogP contribution in [-0.4, -0.2) is 47.0 Å². The Hall–Kier alpha value is -2.77. The van der Waals surface area contributed by atoms with Crippen molar-refractivity contribution in [1.29, 1.82) is 0 Å². The first kappa shape index (κ1) is 13.7. The van der Waals surface area contributed by atoms with E-state index in [1.54, 1.807) is 13.0 Å². The minimum absolute atomic E-state index is 0.00885. The van der Waals surface area contributed by atoms with Gasteiger partial charge in [0.1, 0.15) is 5.71 Å². The minimum Gasteiger partial charge on any atom is -0.313 e. The van der Waals surface area contributed by atoms with Gasteiger partial charge in [0.2, 0.25) is 0 Å². The van der Waals surface area contributed by atoms with Crippen molar-refractivity contribution in [2.45, 2.75) is 13.0 Å². The molecule has 0 saturated carbocycles. The molecule has 104 valence electrons. The third-order valence-corrected chi connectivity index (χ3v) is 2.79. The number of amides is 5. The molecule has 0 aromatic rings. The summed E-state index contributed by atoms with van der Waals surface area (Å²) in [5, 5.41) is 3.89. The highest BCUT2D eigenvalue weighted by atomic mass is 16.2. The molecule has 2 heterocycles. The van der Waals surface area contributed by atoms with E-state index in [1.165, 1.54) is 6.20 Å². The quantitative estimate of drug-likeness (QED) is 0.637. The molecule has 0 radical (unpaired) electrons. The van der Waals surface area contributed by atoms with Crippen molar-refractivity contribution in [3.05, 3.63) is 24.4 Å². The summed E-state index contributed by atoms with van der Waals surface area (Å²) in [6, 6.07) is -2.29. The van der Waals surface area contributed by atoms with Crippen molar-refractivity contribution < 1.29 is 19.2 Å². The van der Waals surface area contributed by atoms with E-state index in [1.807, 2.05) is 10.6 Å². The summed E-state index contributed by atoms with van der Waals surface area (Å²) in [7, 11) is 0. The zero-order valence-corrected chi connectivity index (χ0v) is 10.7. The molecule has 2 aliphatic heterocycles. The highest BCUT2D eigenvalue weighted by Crippen LogP contribution is 2.18. The largest absolute Gasteiger partial charge is 0.328 e. The molecule has 0 unspecified atom stereocenters. The van der Waals surface area contributed by atoms with Gasteiger partial charge < -0.3 is 4.90 Å². The summed E-state index contributed by atoms with van der Waals surface area (Å²) in [5.74, 6) is -2.25. The first-order valence-electron chi connectivity index (χ1n) is 5.79. The first-order chi connectivity index (χ1) is 9.45. The molecule has 8 nitrogen and oxygen atoms in total. The van der Waals surface area contributed by atoms with Gasteiger partial charge in [-0.25, -0.2) is 4.79 Å². The molecular weight excluding hydrogens is 264 g/mol. The van der Waals surface area contributed by atoms with Gasteiger partial charge in [0.25, 0.3) is 17.7 Å². The van der Waals surface area contributed by atoms with Crippen LogP contribution in [0.15, 0.2) is 29.4 Å². The summed E-state index contributed by atoms with van der Waals surface area (Å²) >= 11 is 0. The van der Waals surface area contributed by atoms with Crippen molar-refractivity contribution in [2.24, 2.45) is 4.99 Å². The Kier molecular flexibility index (Phi) is 3.47. The molecule has 5 amide bonds. The van der Waals surface area contributed by atoms with E-state index >= 15 is 0 Å². The summed E-state index contributed by atoms with van der Waals surface area (Å²) < 4.78 is 0. The number of nitrogens with one attached hydrogen (secondary N) is 2. The molecule has 2 saturated heterocycles. The zero-order valence-electron chi connectivity index (χ0n) is 10.7. The van der Waals surface area contributed by atoms with E-state index in [2.05, 4.69) is 11.6 Å². The number of aliphatic imine (C=N–C) groups is 1. The fourth-order valence-corrected chi connectivity index (χ4v) is 1.94. The summed E-state index contributed by atoms with van der Waals surface area (Å²) in [5.41, 5.74) is 0.506. The number of hydrogen-bond acceptors (Lipinski definition) is 5. The van der Waals surface area contributed by atoms with Crippen LogP contribution in [0.1, 0.15) is 6.92 Å². The zero-order chi connectivity index (χ0) is 14.9. The first-order valence-corrected chi connectivity index (χ1v) is 5.79. The maximum absolute atomic E-state index is 12.1. The number of likely N-dealkylation sites (tertiary alicyclic amines) is 1. The van der Waals surface area contributed by atoms with E-state index in [0.29, 0.717) is 5.57 Å². The fourth-order valence-electron chi connectivity index (χ4n) is 1.94.